The van der Waals surface area contributed by atoms with Crippen molar-refractivity contribution < 1.29 is 0 Å². The largest absolute Gasteiger partial charge is 0.348 e. The summed E-state index contributed by atoms with van der Waals surface area (Å²) in [5.74, 6) is 0. The third-order valence-electron chi connectivity index (χ3n) is 4.04. The van der Waals surface area contributed by atoms with E-state index in [-0.39, 0.29) is 27.2 Å². The summed E-state index contributed by atoms with van der Waals surface area (Å²) in [5.41, 5.74) is 1.62. The fraction of sp³-hybridized carbons (Fsp3) is 0.190. The zero-order valence-corrected chi connectivity index (χ0v) is 15.5. The van der Waals surface area contributed by atoms with Gasteiger partial charge in [0.05, 0.1) is 12.0 Å². The molecule has 0 aliphatic carbocycles. The Morgan fingerprint density at radius 1 is 0.963 bits per heavy atom. The summed E-state index contributed by atoms with van der Waals surface area (Å²) in [5, 5.41) is 0.365. The summed E-state index contributed by atoms with van der Waals surface area (Å²) in [7, 11) is 0. The van der Waals surface area contributed by atoms with Gasteiger partial charge in [-0.05, 0) is 17.7 Å². The first kappa shape index (κ1) is 18.4. The van der Waals surface area contributed by atoms with Crippen LogP contribution in [0.15, 0.2) is 52.3 Å². The Hall–Kier alpha value is -3.41. The Morgan fingerprint density at radius 2 is 1.63 bits per heavy atom. The van der Waals surface area contributed by atoms with E-state index in [1.807, 2.05) is 57.2 Å². The normalized spacial score (nSPS) is 13.6. The number of aromatic nitrogens is 4. The number of nitrogens with one attached hydrogen (secondary N) is 3. The summed E-state index contributed by atoms with van der Waals surface area (Å²) >= 11 is 0. The maximum Gasteiger partial charge on any atom is 0.272 e. The Balaban J connectivity index is 2.00. The second-order valence-electron chi connectivity index (χ2n) is 7.23. The smallest absolute Gasteiger partial charge is 0.272 e. The molecule has 3 rings (SSSR count). The molecule has 0 spiro atoms. The zero-order chi connectivity index (χ0) is 19.4. The van der Waals surface area contributed by atoms with E-state index in [9.17, 15) is 9.59 Å². The summed E-state index contributed by atoms with van der Waals surface area (Å²) in [6.07, 6.45) is 8.32. The van der Waals surface area contributed by atoms with Gasteiger partial charge in [-0.25, -0.2) is 4.98 Å². The van der Waals surface area contributed by atoms with Crippen molar-refractivity contribution in [3.05, 3.63) is 91.1 Å². The molecule has 6 heteroatoms. The van der Waals surface area contributed by atoms with Crippen molar-refractivity contribution in [1.82, 2.24) is 19.9 Å². The number of benzene rings is 1. The van der Waals surface area contributed by atoms with Crippen molar-refractivity contribution in [1.29, 1.82) is 0 Å². The Morgan fingerprint density at radius 3 is 2.33 bits per heavy atom. The van der Waals surface area contributed by atoms with Crippen molar-refractivity contribution in [3.63, 3.8) is 0 Å². The van der Waals surface area contributed by atoms with Crippen molar-refractivity contribution in [2.75, 3.05) is 0 Å². The lowest BCUT2D eigenvalue weighted by Crippen LogP contribution is -2.46. The molecular weight excluding hydrogens is 340 g/mol. The molecule has 0 saturated heterocycles. The number of allylic oxidation sites excluding steroid dienone is 1. The van der Waals surface area contributed by atoms with Gasteiger partial charge in [0.25, 0.3) is 11.1 Å². The standard InChI is InChI=1S/C21H22N4O2/c1-21(2,3)18-16(22-13-23-18)12-17-20(27)24-15(19(26)25-17)11-7-10-14-8-5-4-6-9-14/h4-13H,1-3H3,(H,22,23)(H,24,27)(H,25,26)/b10-7+,15-11-,17-12-. The molecule has 0 atom stereocenters. The third-order valence-corrected chi connectivity index (χ3v) is 4.04. The molecular formula is C21H22N4O2. The molecule has 0 aliphatic heterocycles. The van der Waals surface area contributed by atoms with Crippen LogP contribution in [0.2, 0.25) is 0 Å². The van der Waals surface area contributed by atoms with Crippen molar-refractivity contribution in [2.24, 2.45) is 0 Å². The molecule has 138 valence electrons. The summed E-state index contributed by atoms with van der Waals surface area (Å²) in [6.45, 7) is 6.13. The van der Waals surface area contributed by atoms with Gasteiger partial charge in [-0.3, -0.25) is 9.59 Å². The summed E-state index contributed by atoms with van der Waals surface area (Å²) in [6, 6.07) is 9.70. The van der Waals surface area contributed by atoms with Gasteiger partial charge in [-0.15, -0.1) is 0 Å². The van der Waals surface area contributed by atoms with E-state index < -0.39 is 0 Å². The molecule has 27 heavy (non-hydrogen) atoms. The molecule has 6 nitrogen and oxygen atoms in total. The summed E-state index contributed by atoms with van der Waals surface area (Å²) in [4.78, 5) is 37.3. The second kappa shape index (κ2) is 7.45. The minimum atomic E-state index is -0.378. The molecule has 0 saturated carbocycles. The molecule has 0 amide bonds. The Kier molecular flexibility index (Phi) is 5.07. The Bertz CT molecular complexity index is 1190. The first-order valence-corrected chi connectivity index (χ1v) is 8.66. The quantitative estimate of drug-likeness (QED) is 0.657. The molecule has 0 radical (unpaired) electrons. The molecule has 0 bridgehead atoms. The predicted molar refractivity (Wildman–Crippen MR) is 108 cm³/mol. The lowest BCUT2D eigenvalue weighted by Gasteiger charge is -2.16. The molecule has 1 aromatic carbocycles. The molecule has 0 fully saturated rings. The van der Waals surface area contributed by atoms with Crippen LogP contribution < -0.4 is 21.8 Å². The molecule has 2 heterocycles. The van der Waals surface area contributed by atoms with E-state index in [0.29, 0.717) is 5.69 Å². The van der Waals surface area contributed by atoms with E-state index in [4.69, 9.17) is 0 Å². The number of aromatic amines is 3. The topological polar surface area (TPSA) is 94.4 Å². The summed E-state index contributed by atoms with van der Waals surface area (Å²) < 4.78 is 0. The average molecular weight is 362 g/mol. The highest BCUT2D eigenvalue weighted by Gasteiger charge is 2.19. The molecule has 2 aromatic heterocycles. The van der Waals surface area contributed by atoms with Crippen LogP contribution in [0.25, 0.3) is 18.2 Å². The zero-order valence-electron chi connectivity index (χ0n) is 15.5. The first-order valence-electron chi connectivity index (χ1n) is 8.66. The number of H-pyrrole nitrogens is 3. The highest BCUT2D eigenvalue weighted by atomic mass is 16.1. The van der Waals surface area contributed by atoms with Crippen LogP contribution in [0.1, 0.15) is 37.7 Å². The van der Waals surface area contributed by atoms with Gasteiger partial charge < -0.3 is 15.0 Å². The molecule has 0 unspecified atom stereocenters. The number of rotatable bonds is 3. The van der Waals surface area contributed by atoms with Gasteiger partial charge >= 0.3 is 0 Å². The van der Waals surface area contributed by atoms with Gasteiger partial charge in [0.15, 0.2) is 0 Å². The van der Waals surface area contributed by atoms with Crippen molar-refractivity contribution in [3.8, 4) is 0 Å². The molecule has 0 aliphatic rings. The number of hydrogen-bond acceptors (Lipinski definition) is 3. The van der Waals surface area contributed by atoms with E-state index in [2.05, 4.69) is 19.9 Å². The SMILES string of the molecule is CC(C)(C)c1[nH]cnc1/C=c1\[nH]c(=O)/c(=C/C=C/c2ccccc2)[nH]c1=O. The van der Waals surface area contributed by atoms with Gasteiger partial charge in [0, 0.05) is 11.1 Å². The fourth-order valence-electron chi connectivity index (χ4n) is 2.68. The van der Waals surface area contributed by atoms with E-state index >= 15 is 0 Å². The highest BCUT2D eigenvalue weighted by Crippen LogP contribution is 2.22. The van der Waals surface area contributed by atoms with E-state index in [1.165, 1.54) is 0 Å². The highest BCUT2D eigenvalue weighted by molar-refractivity contribution is 5.57. The van der Waals surface area contributed by atoms with Gasteiger partial charge in [-0.1, -0.05) is 63.3 Å². The predicted octanol–water partition coefficient (Wildman–Crippen LogP) is 1.41. The first-order chi connectivity index (χ1) is 12.8. The fourth-order valence-corrected chi connectivity index (χ4v) is 2.68. The van der Waals surface area contributed by atoms with Crippen molar-refractivity contribution >= 4 is 18.2 Å². The van der Waals surface area contributed by atoms with Gasteiger partial charge in [-0.2, -0.15) is 0 Å². The third kappa shape index (κ3) is 4.41. The maximum atomic E-state index is 12.4. The van der Waals surface area contributed by atoms with Crippen LogP contribution in [0.5, 0.6) is 0 Å². The minimum Gasteiger partial charge on any atom is -0.348 e. The second-order valence-corrected chi connectivity index (χ2v) is 7.23. The van der Waals surface area contributed by atoms with E-state index in [0.717, 1.165) is 11.3 Å². The number of imidazole rings is 1. The minimum absolute atomic E-state index is 0.161. The van der Waals surface area contributed by atoms with Crippen LogP contribution in [-0.4, -0.2) is 19.9 Å². The van der Waals surface area contributed by atoms with Crippen LogP contribution in [0.3, 0.4) is 0 Å². The Labute approximate surface area is 156 Å². The lowest BCUT2D eigenvalue weighted by molar-refractivity contribution is 0.571. The number of hydrogen-bond donors (Lipinski definition) is 3. The molecule has 3 N–H and O–H groups in total. The monoisotopic (exact) mass is 362 g/mol. The lowest BCUT2D eigenvalue weighted by atomic mass is 9.90. The van der Waals surface area contributed by atoms with Gasteiger partial charge in [0.2, 0.25) is 0 Å². The maximum absolute atomic E-state index is 12.4. The molecule has 3 aromatic rings. The van der Waals surface area contributed by atoms with Crippen LogP contribution in [-0.2, 0) is 5.41 Å². The van der Waals surface area contributed by atoms with Crippen molar-refractivity contribution in [2.45, 2.75) is 26.2 Å². The number of nitrogens with zero attached hydrogens (tertiary/aromatic N) is 1. The van der Waals surface area contributed by atoms with Crippen LogP contribution in [0.4, 0.5) is 0 Å². The average Bonchev–Trinajstić information content (AvgIpc) is 3.08. The van der Waals surface area contributed by atoms with Crippen LogP contribution >= 0.6 is 0 Å². The van der Waals surface area contributed by atoms with E-state index in [1.54, 1.807) is 24.6 Å². The van der Waals surface area contributed by atoms with Gasteiger partial charge in [0.1, 0.15) is 10.7 Å². The van der Waals surface area contributed by atoms with Crippen LogP contribution in [0, 0.1) is 0 Å².